The van der Waals surface area contributed by atoms with Crippen LogP contribution in [0.5, 0.6) is 0 Å². The van der Waals surface area contributed by atoms with E-state index in [-0.39, 0.29) is 4.62 Å². The van der Waals surface area contributed by atoms with E-state index in [1.165, 1.54) is 7.11 Å². The number of nitriles is 1. The molecule has 0 aromatic heterocycles. The molecule has 0 rings (SSSR count). The fourth-order valence-corrected chi connectivity index (χ4v) is 0.854. The lowest BCUT2D eigenvalue weighted by atomic mass is 10.3. The summed E-state index contributed by atoms with van der Waals surface area (Å²) in [6.45, 7) is 0. The van der Waals surface area contributed by atoms with Gasteiger partial charge < -0.3 is 4.74 Å². The number of rotatable bonds is 4. The van der Waals surface area contributed by atoms with Gasteiger partial charge in [-0.2, -0.15) is 5.26 Å². The van der Waals surface area contributed by atoms with Crippen LogP contribution in [0.2, 0.25) is 0 Å². The normalized spacial score (nSPS) is 10.5. The number of unbranched alkanes of at least 4 members (excludes halogenated alkanes) is 1. The molecule has 0 aliphatic carbocycles. The molecule has 0 aliphatic rings. The smallest absolute Gasteiger partial charge is 0.146 e. The maximum atomic E-state index is 8.20. The van der Waals surface area contributed by atoms with Gasteiger partial charge in [-0.05, 0) is 28.4 Å². The molecule has 0 bridgehead atoms. The number of ether oxygens (including phenoxy) is 1. The van der Waals surface area contributed by atoms with Gasteiger partial charge in [0.05, 0.1) is 13.2 Å². The summed E-state index contributed by atoms with van der Waals surface area (Å²) < 4.78 is 5.05. The van der Waals surface area contributed by atoms with Crippen molar-refractivity contribution in [2.75, 3.05) is 7.11 Å². The maximum absolute atomic E-state index is 8.20. The van der Waals surface area contributed by atoms with E-state index in [4.69, 9.17) is 15.4 Å². The molecule has 0 unspecified atom stereocenters. The van der Waals surface area contributed by atoms with E-state index < -0.39 is 0 Å². The topological polar surface area (TPSA) is 56.9 Å². The molecule has 0 saturated carbocycles. The summed E-state index contributed by atoms with van der Waals surface area (Å²) in [6.07, 6.45) is 2.78. The molecule has 4 heteroatoms. The van der Waals surface area contributed by atoms with E-state index in [1.807, 2.05) is 6.07 Å². The summed E-state index contributed by atoms with van der Waals surface area (Å²) in [6, 6.07) is 2.00. The minimum absolute atomic E-state index is 0.206. The molecule has 0 saturated heterocycles. The average molecular weight is 217 g/mol. The molecule has 11 heavy (non-hydrogen) atoms. The highest BCUT2D eigenvalue weighted by molar-refractivity contribution is 9.18. The van der Waals surface area contributed by atoms with Gasteiger partial charge in [0.15, 0.2) is 0 Å². The van der Waals surface area contributed by atoms with Crippen molar-refractivity contribution in [2.24, 2.45) is 0 Å². The highest BCUT2D eigenvalue weighted by atomic mass is 79.9. The van der Waals surface area contributed by atoms with Crippen molar-refractivity contribution in [3.05, 3.63) is 11.8 Å². The zero-order valence-corrected chi connectivity index (χ0v) is 7.81. The van der Waals surface area contributed by atoms with Gasteiger partial charge in [0.2, 0.25) is 0 Å². The van der Waals surface area contributed by atoms with Crippen LogP contribution in [0.25, 0.3) is 0 Å². The first-order valence-electron chi connectivity index (χ1n) is 3.08. The van der Waals surface area contributed by atoms with E-state index in [1.54, 1.807) is 6.08 Å². The van der Waals surface area contributed by atoms with Gasteiger partial charge in [-0.15, -0.1) is 0 Å². The van der Waals surface area contributed by atoms with E-state index in [0.717, 1.165) is 0 Å². The maximum Gasteiger partial charge on any atom is 0.146 e. The van der Waals surface area contributed by atoms with Crippen molar-refractivity contribution in [1.82, 2.24) is 0 Å². The zero-order valence-electron chi connectivity index (χ0n) is 6.22. The Labute approximate surface area is 74.3 Å². The van der Waals surface area contributed by atoms with Crippen LogP contribution in [0.1, 0.15) is 12.8 Å². The van der Waals surface area contributed by atoms with Crippen molar-refractivity contribution in [1.29, 1.82) is 10.7 Å². The Bertz CT molecular complexity index is 205. The van der Waals surface area contributed by atoms with Crippen LogP contribution in [0.3, 0.4) is 0 Å². The summed E-state index contributed by atoms with van der Waals surface area (Å²) in [7, 11) is 1.49. The number of allylic oxidation sites excluding steroid dienone is 2. The second-order valence-electron chi connectivity index (χ2n) is 1.78. The quantitative estimate of drug-likeness (QED) is 0.445. The summed E-state index contributed by atoms with van der Waals surface area (Å²) in [5, 5.41) is 15.3. The van der Waals surface area contributed by atoms with Crippen molar-refractivity contribution < 1.29 is 4.74 Å². The van der Waals surface area contributed by atoms with E-state index >= 15 is 0 Å². The van der Waals surface area contributed by atoms with Crippen molar-refractivity contribution in [3.8, 4) is 6.07 Å². The fourth-order valence-electron chi connectivity index (χ4n) is 0.530. The largest absolute Gasteiger partial charge is 0.494 e. The summed E-state index contributed by atoms with van der Waals surface area (Å²) >= 11 is 2.96. The third-order valence-corrected chi connectivity index (χ3v) is 1.41. The molecule has 0 amide bonds. The van der Waals surface area contributed by atoms with Crippen LogP contribution >= 0.6 is 15.9 Å². The molecule has 0 radical (unpaired) electrons. The standard InChI is InChI=1S/C7H9BrN2O/c1-11-6(7(8)10)4-2-3-5-9/h4,10H,2-3H2,1H3/b6-4+,10-7?. The first kappa shape index (κ1) is 10.2. The molecule has 0 aliphatic heterocycles. The van der Waals surface area contributed by atoms with Crippen LogP contribution in [0, 0.1) is 16.7 Å². The van der Waals surface area contributed by atoms with E-state index in [9.17, 15) is 0 Å². The summed E-state index contributed by atoms with van der Waals surface area (Å²) in [5.41, 5.74) is 0. The van der Waals surface area contributed by atoms with Gasteiger partial charge >= 0.3 is 0 Å². The number of hydrogen-bond donors (Lipinski definition) is 1. The number of hydrogen-bond acceptors (Lipinski definition) is 3. The Morgan fingerprint density at radius 2 is 2.45 bits per heavy atom. The van der Waals surface area contributed by atoms with Gasteiger partial charge in [-0.1, -0.05) is 0 Å². The first-order chi connectivity index (χ1) is 5.22. The van der Waals surface area contributed by atoms with Gasteiger partial charge in [-0.3, -0.25) is 5.41 Å². The summed E-state index contributed by atoms with van der Waals surface area (Å²) in [4.78, 5) is 0. The van der Waals surface area contributed by atoms with Crippen LogP contribution < -0.4 is 0 Å². The lowest BCUT2D eigenvalue weighted by Gasteiger charge is -2.00. The first-order valence-corrected chi connectivity index (χ1v) is 3.87. The predicted octanol–water partition coefficient (Wildman–Crippen LogP) is 2.19. The molecule has 0 spiro atoms. The number of methoxy groups -OCH3 is 1. The highest BCUT2D eigenvalue weighted by Crippen LogP contribution is 2.05. The Morgan fingerprint density at radius 3 is 2.82 bits per heavy atom. The van der Waals surface area contributed by atoms with Gasteiger partial charge in [0.25, 0.3) is 0 Å². The van der Waals surface area contributed by atoms with E-state index in [2.05, 4.69) is 15.9 Å². The molecule has 0 heterocycles. The Morgan fingerprint density at radius 1 is 1.82 bits per heavy atom. The third-order valence-electron chi connectivity index (χ3n) is 1.02. The predicted molar refractivity (Wildman–Crippen MR) is 46.6 cm³/mol. The zero-order chi connectivity index (χ0) is 8.69. The molecule has 0 atom stereocenters. The Hall–Kier alpha value is -0.820. The number of nitrogens with one attached hydrogen (secondary N) is 1. The van der Waals surface area contributed by atoms with Crippen LogP contribution in [0.4, 0.5) is 0 Å². The van der Waals surface area contributed by atoms with Crippen LogP contribution in [-0.4, -0.2) is 11.7 Å². The minimum Gasteiger partial charge on any atom is -0.494 e. The van der Waals surface area contributed by atoms with Crippen molar-refractivity contribution in [2.45, 2.75) is 12.8 Å². The molecule has 3 nitrogen and oxygen atoms in total. The van der Waals surface area contributed by atoms with E-state index in [0.29, 0.717) is 18.6 Å². The monoisotopic (exact) mass is 216 g/mol. The average Bonchev–Trinajstić information content (AvgIpc) is 1.97. The molecule has 1 N–H and O–H groups in total. The fraction of sp³-hybridized carbons (Fsp3) is 0.429. The highest BCUT2D eigenvalue weighted by Gasteiger charge is 1.98. The Kier molecular flexibility index (Phi) is 5.49. The second-order valence-corrected chi connectivity index (χ2v) is 2.58. The van der Waals surface area contributed by atoms with Gasteiger partial charge in [-0.25, -0.2) is 0 Å². The number of nitrogens with zero attached hydrogens (tertiary/aromatic N) is 1. The second kappa shape index (κ2) is 5.93. The van der Waals surface area contributed by atoms with Gasteiger partial charge in [0.1, 0.15) is 10.4 Å². The molecule has 60 valence electrons. The molecular formula is C7H9BrN2O. The summed E-state index contributed by atoms with van der Waals surface area (Å²) in [5.74, 6) is 0.472. The minimum atomic E-state index is 0.206. The lowest BCUT2D eigenvalue weighted by molar-refractivity contribution is 0.314. The molecule has 0 aromatic rings. The van der Waals surface area contributed by atoms with Crippen molar-refractivity contribution in [3.63, 3.8) is 0 Å². The van der Waals surface area contributed by atoms with Gasteiger partial charge in [0, 0.05) is 6.42 Å². The SMILES string of the molecule is CO/C(=C/CCC#N)C(=N)Br. The molecule has 0 fully saturated rings. The lowest BCUT2D eigenvalue weighted by Crippen LogP contribution is -1.93. The van der Waals surface area contributed by atoms with Crippen LogP contribution in [-0.2, 0) is 4.74 Å². The number of halogens is 1. The van der Waals surface area contributed by atoms with Crippen molar-refractivity contribution >= 4 is 20.6 Å². The molecule has 0 aromatic carbocycles. The Balaban J connectivity index is 3.93. The van der Waals surface area contributed by atoms with Crippen LogP contribution in [0.15, 0.2) is 11.8 Å². The third kappa shape index (κ3) is 4.57. The molecular weight excluding hydrogens is 208 g/mol.